The van der Waals surface area contributed by atoms with Crippen LogP contribution in [0.3, 0.4) is 0 Å². The Morgan fingerprint density at radius 2 is 2.07 bits per heavy atom. The normalized spacial score (nSPS) is 10.5. The smallest absolute Gasteiger partial charge is 0.0992 e. The van der Waals surface area contributed by atoms with Crippen molar-refractivity contribution in [2.45, 2.75) is 4.90 Å². The van der Waals surface area contributed by atoms with Crippen molar-refractivity contribution >= 4 is 35.8 Å². The second-order valence-electron chi connectivity index (χ2n) is 2.73. The molecule has 0 aliphatic carbocycles. The Morgan fingerprint density at radius 1 is 1.29 bits per heavy atom. The predicted molar refractivity (Wildman–Crippen MR) is 60.8 cm³/mol. The van der Waals surface area contributed by atoms with Crippen LogP contribution >= 0.6 is 35.8 Å². The topological polar surface area (TPSA) is 17.8 Å². The van der Waals surface area contributed by atoms with Crippen LogP contribution in [-0.2, 0) is 0 Å². The van der Waals surface area contributed by atoms with Crippen molar-refractivity contribution in [2.24, 2.45) is 0 Å². The van der Waals surface area contributed by atoms with Gasteiger partial charge >= 0.3 is 0 Å². The van der Waals surface area contributed by atoms with Crippen molar-refractivity contribution in [3.63, 3.8) is 0 Å². The van der Waals surface area contributed by atoms with Crippen LogP contribution in [-0.4, -0.2) is 9.55 Å². The third-order valence-corrected chi connectivity index (χ3v) is 2.91. The number of nitrogens with zero attached hydrogens (tertiary/aromatic N) is 2. The van der Waals surface area contributed by atoms with Gasteiger partial charge in [0.2, 0.25) is 0 Å². The molecule has 0 bridgehead atoms. The van der Waals surface area contributed by atoms with Crippen LogP contribution in [0.4, 0.5) is 0 Å². The van der Waals surface area contributed by atoms with E-state index in [2.05, 4.69) is 17.6 Å². The van der Waals surface area contributed by atoms with Crippen molar-refractivity contribution in [3.8, 4) is 5.69 Å². The minimum atomic E-state index is 0.532. The maximum absolute atomic E-state index is 5.94. The quantitative estimate of drug-likeness (QED) is 0.761. The molecule has 0 radical (unpaired) electrons. The molecule has 0 unspecified atom stereocenters. The maximum atomic E-state index is 5.94. The standard InChI is InChI=1S/C9H6Cl2N2S/c10-6-3-7(11)9(14)8(4-6)13-2-1-12-5-13/h1-5,14H. The summed E-state index contributed by atoms with van der Waals surface area (Å²) >= 11 is 16.1. The zero-order valence-electron chi connectivity index (χ0n) is 6.98. The van der Waals surface area contributed by atoms with E-state index in [1.165, 1.54) is 0 Å². The van der Waals surface area contributed by atoms with Crippen LogP contribution < -0.4 is 0 Å². The number of halogens is 2. The summed E-state index contributed by atoms with van der Waals surface area (Å²) in [5.41, 5.74) is 0.823. The summed E-state index contributed by atoms with van der Waals surface area (Å²) in [6.45, 7) is 0. The Morgan fingerprint density at radius 3 is 2.71 bits per heavy atom. The molecule has 5 heteroatoms. The molecule has 0 atom stereocenters. The van der Waals surface area contributed by atoms with E-state index in [0.29, 0.717) is 14.9 Å². The number of rotatable bonds is 1. The van der Waals surface area contributed by atoms with Gasteiger partial charge in [-0.1, -0.05) is 23.2 Å². The number of benzene rings is 1. The second kappa shape index (κ2) is 3.85. The van der Waals surface area contributed by atoms with Crippen molar-refractivity contribution in [2.75, 3.05) is 0 Å². The van der Waals surface area contributed by atoms with Crippen LogP contribution in [0.1, 0.15) is 0 Å². The van der Waals surface area contributed by atoms with E-state index < -0.39 is 0 Å². The summed E-state index contributed by atoms with van der Waals surface area (Å²) in [6, 6.07) is 3.45. The Kier molecular flexibility index (Phi) is 2.72. The van der Waals surface area contributed by atoms with E-state index in [4.69, 9.17) is 23.2 Å². The molecule has 2 aromatic rings. The second-order valence-corrected chi connectivity index (χ2v) is 4.02. The molecule has 0 amide bonds. The summed E-state index contributed by atoms with van der Waals surface area (Å²) in [7, 11) is 0. The predicted octanol–water partition coefficient (Wildman–Crippen LogP) is 3.47. The number of aromatic nitrogens is 2. The Hall–Kier alpha value is -0.640. The number of thiol groups is 1. The van der Waals surface area contributed by atoms with Gasteiger partial charge in [-0.2, -0.15) is 0 Å². The molecule has 0 spiro atoms. The molecule has 2 nitrogen and oxygen atoms in total. The molecule has 0 aliphatic rings. The molecule has 1 aromatic carbocycles. The highest BCUT2D eigenvalue weighted by Crippen LogP contribution is 2.30. The van der Waals surface area contributed by atoms with Crippen molar-refractivity contribution in [1.82, 2.24) is 9.55 Å². The largest absolute Gasteiger partial charge is 0.305 e. The first-order valence-electron chi connectivity index (χ1n) is 3.85. The minimum absolute atomic E-state index is 0.532. The first kappa shape index (κ1) is 9.90. The Bertz CT molecular complexity index is 454. The Labute approximate surface area is 96.9 Å². The van der Waals surface area contributed by atoms with E-state index in [1.807, 2.05) is 6.20 Å². The Balaban J connectivity index is 2.64. The zero-order valence-corrected chi connectivity index (χ0v) is 9.39. The first-order chi connectivity index (χ1) is 6.68. The average molecular weight is 245 g/mol. The SMILES string of the molecule is Sc1c(Cl)cc(Cl)cc1-n1ccnc1. The van der Waals surface area contributed by atoms with E-state index >= 15 is 0 Å². The van der Waals surface area contributed by atoms with Crippen LogP contribution in [0.15, 0.2) is 35.7 Å². The van der Waals surface area contributed by atoms with E-state index in [9.17, 15) is 0 Å². The summed E-state index contributed by atoms with van der Waals surface area (Å²) in [5, 5.41) is 1.11. The number of hydrogen-bond donors (Lipinski definition) is 1. The fourth-order valence-corrected chi connectivity index (χ4v) is 1.88. The van der Waals surface area contributed by atoms with Gasteiger partial charge in [-0.25, -0.2) is 4.98 Å². The lowest BCUT2D eigenvalue weighted by Crippen LogP contribution is -1.92. The fourth-order valence-electron chi connectivity index (χ4n) is 1.15. The summed E-state index contributed by atoms with van der Waals surface area (Å²) < 4.78 is 1.81. The molecule has 1 heterocycles. The molecule has 0 fully saturated rings. The number of hydrogen-bond acceptors (Lipinski definition) is 2. The summed E-state index contributed by atoms with van der Waals surface area (Å²) in [5.74, 6) is 0. The molecule has 14 heavy (non-hydrogen) atoms. The first-order valence-corrected chi connectivity index (χ1v) is 5.05. The van der Waals surface area contributed by atoms with Gasteiger partial charge in [-0.15, -0.1) is 12.6 Å². The van der Waals surface area contributed by atoms with Gasteiger partial charge in [0.05, 0.1) is 17.0 Å². The summed E-state index contributed by atoms with van der Waals surface area (Å²) in [6.07, 6.45) is 5.16. The van der Waals surface area contributed by atoms with Gasteiger partial charge in [0.1, 0.15) is 0 Å². The fraction of sp³-hybridized carbons (Fsp3) is 0. The molecule has 72 valence electrons. The lowest BCUT2D eigenvalue weighted by atomic mass is 10.3. The maximum Gasteiger partial charge on any atom is 0.0992 e. The van der Waals surface area contributed by atoms with E-state index in [0.717, 1.165) is 5.69 Å². The third kappa shape index (κ3) is 1.75. The molecule has 0 aliphatic heterocycles. The lowest BCUT2D eigenvalue weighted by molar-refractivity contribution is 1.02. The van der Waals surface area contributed by atoms with Gasteiger partial charge in [-0.3, -0.25) is 0 Å². The van der Waals surface area contributed by atoms with Gasteiger partial charge in [0.15, 0.2) is 0 Å². The van der Waals surface area contributed by atoms with Crippen LogP contribution in [0.5, 0.6) is 0 Å². The molecular formula is C9H6Cl2N2S. The van der Waals surface area contributed by atoms with Crippen molar-refractivity contribution in [1.29, 1.82) is 0 Å². The average Bonchev–Trinajstić information content (AvgIpc) is 2.63. The number of imidazole rings is 1. The highest BCUT2D eigenvalue weighted by atomic mass is 35.5. The van der Waals surface area contributed by atoms with E-state index in [1.54, 1.807) is 29.2 Å². The molecule has 0 saturated carbocycles. The molecule has 0 saturated heterocycles. The highest BCUT2D eigenvalue weighted by molar-refractivity contribution is 7.80. The molecule has 0 N–H and O–H groups in total. The monoisotopic (exact) mass is 244 g/mol. The molecular weight excluding hydrogens is 239 g/mol. The van der Waals surface area contributed by atoms with Gasteiger partial charge in [-0.05, 0) is 12.1 Å². The van der Waals surface area contributed by atoms with Crippen molar-refractivity contribution < 1.29 is 0 Å². The lowest BCUT2D eigenvalue weighted by Gasteiger charge is -2.07. The van der Waals surface area contributed by atoms with Crippen LogP contribution in [0, 0.1) is 0 Å². The van der Waals surface area contributed by atoms with Gasteiger partial charge < -0.3 is 4.57 Å². The minimum Gasteiger partial charge on any atom is -0.305 e. The van der Waals surface area contributed by atoms with Crippen molar-refractivity contribution in [3.05, 3.63) is 40.9 Å². The summed E-state index contributed by atoms with van der Waals surface area (Å²) in [4.78, 5) is 4.63. The van der Waals surface area contributed by atoms with Gasteiger partial charge in [0.25, 0.3) is 0 Å². The molecule has 2 rings (SSSR count). The van der Waals surface area contributed by atoms with Gasteiger partial charge in [0, 0.05) is 22.3 Å². The molecule has 1 aromatic heterocycles. The van der Waals surface area contributed by atoms with Crippen LogP contribution in [0.2, 0.25) is 10.0 Å². The highest BCUT2D eigenvalue weighted by Gasteiger charge is 2.06. The van der Waals surface area contributed by atoms with Crippen LogP contribution in [0.25, 0.3) is 5.69 Å². The zero-order chi connectivity index (χ0) is 10.1. The third-order valence-electron chi connectivity index (χ3n) is 1.79. The van der Waals surface area contributed by atoms with E-state index in [-0.39, 0.29) is 0 Å².